The highest BCUT2D eigenvalue weighted by Gasteiger charge is 2.19. The molecular weight excluding hydrogens is 332 g/mol. The van der Waals surface area contributed by atoms with Crippen LogP contribution in [0.3, 0.4) is 0 Å². The van der Waals surface area contributed by atoms with Crippen molar-refractivity contribution in [1.82, 2.24) is 4.40 Å². The number of benzene rings is 2. The Balaban J connectivity index is 1.83. The fraction of sp³-hybridized carbons (Fsp3) is 0.0476. The maximum atomic E-state index is 12.5. The van der Waals surface area contributed by atoms with E-state index in [1.165, 1.54) is 0 Å². The number of hydrogen-bond donors (Lipinski definition) is 0. The minimum Gasteiger partial charge on any atom is -0.270 e. The Kier molecular flexibility index (Phi) is 3.06. The molecule has 0 spiro atoms. The summed E-state index contributed by atoms with van der Waals surface area (Å²) in [6.45, 7) is 0.725. The molecule has 0 saturated carbocycles. The van der Waals surface area contributed by atoms with Crippen molar-refractivity contribution >= 4 is 38.9 Å². The molecule has 0 aliphatic heterocycles. The molecule has 3 nitrogen and oxygen atoms in total. The zero-order valence-electron chi connectivity index (χ0n) is 13.3. The van der Waals surface area contributed by atoms with Gasteiger partial charge in [0, 0.05) is 39.6 Å². The van der Waals surface area contributed by atoms with Crippen molar-refractivity contribution in [3.63, 3.8) is 0 Å². The summed E-state index contributed by atoms with van der Waals surface area (Å²) in [6, 6.07) is 21.6. The number of fused-ring (bicyclic) bond motifs is 3. The van der Waals surface area contributed by atoms with E-state index in [1.807, 2.05) is 52.9 Å². The van der Waals surface area contributed by atoms with Crippen LogP contribution in [0.5, 0.6) is 0 Å². The second-order valence-electron chi connectivity index (χ2n) is 6.24. The quantitative estimate of drug-likeness (QED) is 0.443. The Bertz CT molecular complexity index is 1290. The molecule has 2 aromatic carbocycles. The minimum atomic E-state index is 0.00272. The van der Waals surface area contributed by atoms with Gasteiger partial charge in [0.2, 0.25) is 5.52 Å². The predicted molar refractivity (Wildman–Crippen MR) is 101 cm³/mol. The number of aromatic nitrogens is 2. The van der Waals surface area contributed by atoms with E-state index in [0.29, 0.717) is 0 Å². The molecule has 3 aromatic heterocycles. The van der Waals surface area contributed by atoms with Gasteiger partial charge in [-0.3, -0.25) is 9.20 Å². The average Bonchev–Trinajstić information content (AvgIpc) is 2.97. The summed E-state index contributed by atoms with van der Waals surface area (Å²) in [5.41, 5.74) is 4.15. The van der Waals surface area contributed by atoms with Crippen molar-refractivity contribution in [3.8, 4) is 0 Å². The minimum absolute atomic E-state index is 0.00272. The lowest BCUT2D eigenvalue weighted by Crippen LogP contribution is -2.35. The highest BCUT2D eigenvalue weighted by atomic mass is 35.5. The molecule has 0 saturated heterocycles. The molecule has 0 N–H and O–H groups in total. The molecule has 3 heterocycles. The van der Waals surface area contributed by atoms with Gasteiger partial charge >= 0.3 is 0 Å². The van der Waals surface area contributed by atoms with Gasteiger partial charge in [-0.25, -0.2) is 0 Å². The van der Waals surface area contributed by atoms with E-state index in [-0.39, 0.29) is 5.56 Å². The molecule has 0 amide bonds. The van der Waals surface area contributed by atoms with Crippen LogP contribution < -0.4 is 10.1 Å². The normalized spacial score (nSPS) is 11.7. The van der Waals surface area contributed by atoms with Gasteiger partial charge in [-0.1, -0.05) is 41.9 Å². The maximum Gasteiger partial charge on any atom is 0.256 e. The number of para-hydroxylation sites is 1. The summed E-state index contributed by atoms with van der Waals surface area (Å²) < 4.78 is 3.99. The summed E-state index contributed by atoms with van der Waals surface area (Å²) in [4.78, 5) is 12.5. The zero-order valence-corrected chi connectivity index (χ0v) is 14.1. The summed E-state index contributed by atoms with van der Waals surface area (Å²) in [7, 11) is 0. The first-order chi connectivity index (χ1) is 12.2. The van der Waals surface area contributed by atoms with Gasteiger partial charge in [0.25, 0.3) is 5.56 Å². The second kappa shape index (κ2) is 5.30. The van der Waals surface area contributed by atoms with Crippen LogP contribution >= 0.6 is 11.6 Å². The SMILES string of the molecule is O=c1ccc2c3c(cc[n+]2Cc2ccc(Cl)cc2)c2ccccc2n13. The van der Waals surface area contributed by atoms with E-state index >= 15 is 0 Å². The molecule has 4 heteroatoms. The van der Waals surface area contributed by atoms with Crippen LogP contribution in [0.4, 0.5) is 0 Å². The van der Waals surface area contributed by atoms with Crippen LogP contribution in [-0.4, -0.2) is 4.40 Å². The third kappa shape index (κ3) is 2.13. The molecule has 0 bridgehead atoms. The van der Waals surface area contributed by atoms with Gasteiger partial charge in [-0.2, -0.15) is 4.57 Å². The van der Waals surface area contributed by atoms with Gasteiger partial charge in [0.05, 0.1) is 5.52 Å². The number of hydrogen-bond acceptors (Lipinski definition) is 1. The Labute approximate surface area is 148 Å². The van der Waals surface area contributed by atoms with Crippen LogP contribution in [0.25, 0.3) is 27.3 Å². The van der Waals surface area contributed by atoms with Crippen LogP contribution in [0.1, 0.15) is 5.56 Å². The van der Waals surface area contributed by atoms with Crippen molar-refractivity contribution in [2.45, 2.75) is 6.54 Å². The predicted octanol–water partition coefficient (Wildman–Crippen LogP) is 4.03. The van der Waals surface area contributed by atoms with E-state index in [1.54, 1.807) is 6.07 Å². The standard InChI is InChI=1S/C21H14ClN2O/c22-15-7-5-14(6-8-15)13-23-12-11-17-16-3-1-2-4-18(16)24-20(25)10-9-19(23)21(17)24/h1-12H,13H2/q+1. The molecule has 0 aliphatic rings. The average molecular weight is 346 g/mol. The third-order valence-electron chi connectivity index (χ3n) is 4.76. The van der Waals surface area contributed by atoms with E-state index in [4.69, 9.17) is 11.6 Å². The molecule has 5 aromatic rings. The smallest absolute Gasteiger partial charge is 0.256 e. The lowest BCUT2D eigenvalue weighted by Gasteiger charge is -2.03. The second-order valence-corrected chi connectivity index (χ2v) is 6.68. The van der Waals surface area contributed by atoms with Gasteiger partial charge < -0.3 is 0 Å². The molecule has 0 fully saturated rings. The fourth-order valence-electron chi connectivity index (χ4n) is 3.62. The molecular formula is C21H14ClN2O+. The molecule has 25 heavy (non-hydrogen) atoms. The molecule has 0 aliphatic carbocycles. The fourth-order valence-corrected chi connectivity index (χ4v) is 3.75. The van der Waals surface area contributed by atoms with Gasteiger partial charge in [0.1, 0.15) is 5.52 Å². The molecule has 0 unspecified atom stereocenters. The van der Waals surface area contributed by atoms with Crippen molar-refractivity contribution < 1.29 is 4.57 Å². The van der Waals surface area contributed by atoms with E-state index in [9.17, 15) is 4.79 Å². The monoisotopic (exact) mass is 345 g/mol. The summed E-state index contributed by atoms with van der Waals surface area (Å²) >= 11 is 5.98. The van der Waals surface area contributed by atoms with Crippen molar-refractivity contribution in [2.75, 3.05) is 0 Å². The largest absolute Gasteiger partial charge is 0.270 e. The Hall–Kier alpha value is -2.91. The van der Waals surface area contributed by atoms with E-state index in [0.717, 1.165) is 44.5 Å². The summed E-state index contributed by atoms with van der Waals surface area (Å²) in [6.07, 6.45) is 2.09. The molecule has 0 radical (unpaired) electrons. The Morgan fingerprint density at radius 2 is 1.68 bits per heavy atom. The first-order valence-corrected chi connectivity index (χ1v) is 8.52. The number of rotatable bonds is 2. The zero-order chi connectivity index (χ0) is 17.0. The van der Waals surface area contributed by atoms with Gasteiger partial charge in [-0.05, 0) is 18.2 Å². The third-order valence-corrected chi connectivity index (χ3v) is 5.01. The summed E-state index contributed by atoms with van der Waals surface area (Å²) in [5, 5.41) is 2.95. The van der Waals surface area contributed by atoms with E-state index < -0.39 is 0 Å². The van der Waals surface area contributed by atoms with Crippen LogP contribution in [0, 0.1) is 0 Å². The molecule has 5 rings (SSSR count). The molecule has 120 valence electrons. The maximum absolute atomic E-state index is 12.5. The summed E-state index contributed by atoms with van der Waals surface area (Å²) in [5.74, 6) is 0. The van der Waals surface area contributed by atoms with Gasteiger partial charge in [-0.15, -0.1) is 0 Å². The van der Waals surface area contributed by atoms with E-state index in [2.05, 4.69) is 22.9 Å². The van der Waals surface area contributed by atoms with Gasteiger partial charge in [0.15, 0.2) is 12.7 Å². The van der Waals surface area contributed by atoms with Crippen LogP contribution in [0.2, 0.25) is 5.02 Å². The number of nitrogens with zero attached hydrogens (tertiary/aromatic N) is 2. The van der Waals surface area contributed by atoms with Crippen molar-refractivity contribution in [1.29, 1.82) is 0 Å². The number of pyridine rings is 2. The van der Waals surface area contributed by atoms with Crippen molar-refractivity contribution in [2.24, 2.45) is 0 Å². The lowest BCUT2D eigenvalue weighted by molar-refractivity contribution is -0.662. The first kappa shape index (κ1) is 14.4. The van der Waals surface area contributed by atoms with Crippen molar-refractivity contribution in [3.05, 3.63) is 93.9 Å². The first-order valence-electron chi connectivity index (χ1n) is 8.15. The van der Waals surface area contributed by atoms with Crippen LogP contribution in [-0.2, 0) is 6.54 Å². The highest BCUT2D eigenvalue weighted by Crippen LogP contribution is 2.28. The topological polar surface area (TPSA) is 25.4 Å². The van der Waals surface area contributed by atoms with Crippen LogP contribution in [0.15, 0.2) is 77.7 Å². The highest BCUT2D eigenvalue weighted by molar-refractivity contribution is 6.30. The number of halogens is 1. The Morgan fingerprint density at radius 1 is 0.880 bits per heavy atom. The molecule has 0 atom stereocenters. The Morgan fingerprint density at radius 3 is 2.52 bits per heavy atom. The lowest BCUT2D eigenvalue weighted by atomic mass is 10.1.